The summed E-state index contributed by atoms with van der Waals surface area (Å²) in [7, 11) is 0. The Bertz CT molecular complexity index is 1250. The van der Waals surface area contributed by atoms with Crippen molar-refractivity contribution >= 4 is 33.8 Å². The second kappa shape index (κ2) is 5.92. The quantitative estimate of drug-likeness (QED) is 0.349. The maximum Gasteiger partial charge on any atom is 0.298 e. The number of nitrogens with one attached hydrogen (secondary N) is 1. The van der Waals surface area contributed by atoms with Crippen molar-refractivity contribution in [2.75, 3.05) is 0 Å². The summed E-state index contributed by atoms with van der Waals surface area (Å²) in [6.45, 7) is 1.69. The fourth-order valence-electron chi connectivity index (χ4n) is 2.84. The van der Waals surface area contributed by atoms with Gasteiger partial charge in [0.15, 0.2) is 0 Å². The third-order valence-electron chi connectivity index (χ3n) is 4.07. The Morgan fingerprint density at radius 2 is 2.04 bits per heavy atom. The van der Waals surface area contributed by atoms with Crippen LogP contribution >= 0.6 is 0 Å². The molecule has 4 rings (SSSR count). The number of nitro benzene ring substituents is 1. The van der Waals surface area contributed by atoms with Crippen LogP contribution in [0.5, 0.6) is 0 Å². The molecule has 4 aromatic rings. The molecule has 8 heteroatoms. The monoisotopic (exact) mass is 347 g/mol. The smallest absolute Gasteiger partial charge is 0.298 e. The predicted octanol–water partition coefficient (Wildman–Crippen LogP) is 2.98. The third kappa shape index (κ3) is 2.53. The topological polar surface area (TPSA) is 106 Å². The van der Waals surface area contributed by atoms with Crippen molar-refractivity contribution < 1.29 is 4.92 Å². The number of para-hydroxylation sites is 1. The Morgan fingerprint density at radius 3 is 2.85 bits per heavy atom. The molecule has 0 saturated heterocycles. The number of aromatic nitrogens is 3. The Morgan fingerprint density at radius 1 is 1.23 bits per heavy atom. The van der Waals surface area contributed by atoms with Gasteiger partial charge < -0.3 is 4.98 Å². The third-order valence-corrected chi connectivity index (χ3v) is 4.07. The van der Waals surface area contributed by atoms with Crippen molar-refractivity contribution in [1.82, 2.24) is 14.6 Å². The van der Waals surface area contributed by atoms with Gasteiger partial charge in [-0.25, -0.2) is 4.98 Å². The first kappa shape index (κ1) is 15.7. The molecular weight excluding hydrogens is 334 g/mol. The minimum Gasteiger partial charge on any atom is -0.349 e. The zero-order valence-electron chi connectivity index (χ0n) is 13.7. The lowest BCUT2D eigenvalue weighted by molar-refractivity contribution is -0.384. The zero-order chi connectivity index (χ0) is 18.3. The number of hydrogen-bond acceptors (Lipinski definition) is 5. The molecule has 0 amide bonds. The van der Waals surface area contributed by atoms with Gasteiger partial charge in [-0.15, -0.1) is 0 Å². The van der Waals surface area contributed by atoms with Crippen molar-refractivity contribution in [2.45, 2.75) is 6.92 Å². The molecule has 2 heterocycles. The van der Waals surface area contributed by atoms with E-state index < -0.39 is 4.92 Å². The molecule has 0 unspecified atom stereocenters. The van der Waals surface area contributed by atoms with E-state index in [0.29, 0.717) is 22.4 Å². The molecule has 0 atom stereocenters. The van der Waals surface area contributed by atoms with Crippen molar-refractivity contribution in [3.63, 3.8) is 0 Å². The van der Waals surface area contributed by atoms with Gasteiger partial charge in [0.25, 0.3) is 11.2 Å². The fraction of sp³-hybridized carbons (Fsp3) is 0.0556. The van der Waals surface area contributed by atoms with E-state index in [1.807, 2.05) is 24.3 Å². The Hall–Kier alpha value is -3.81. The number of nitrogens with zero attached hydrogens (tertiary/aromatic N) is 4. The normalized spacial score (nSPS) is 11.6. The van der Waals surface area contributed by atoms with Crippen molar-refractivity contribution in [3.05, 3.63) is 80.4 Å². The van der Waals surface area contributed by atoms with E-state index in [0.717, 1.165) is 10.9 Å². The lowest BCUT2D eigenvalue weighted by Gasteiger charge is -2.03. The number of aromatic amines is 1. The minimum atomic E-state index is -0.479. The van der Waals surface area contributed by atoms with Gasteiger partial charge in [-0.1, -0.05) is 30.3 Å². The maximum atomic E-state index is 12.8. The van der Waals surface area contributed by atoms with E-state index in [2.05, 4.69) is 15.1 Å². The van der Waals surface area contributed by atoms with Gasteiger partial charge >= 0.3 is 0 Å². The molecule has 0 spiro atoms. The summed E-state index contributed by atoms with van der Waals surface area (Å²) in [5.41, 5.74) is 1.94. The zero-order valence-corrected chi connectivity index (χ0v) is 13.7. The van der Waals surface area contributed by atoms with Gasteiger partial charge in [-0.05, 0) is 13.0 Å². The van der Waals surface area contributed by atoms with Gasteiger partial charge in [0.05, 0.1) is 11.1 Å². The van der Waals surface area contributed by atoms with Crippen LogP contribution in [0.25, 0.3) is 21.9 Å². The molecule has 0 fully saturated rings. The van der Waals surface area contributed by atoms with E-state index in [4.69, 9.17) is 0 Å². The maximum absolute atomic E-state index is 12.8. The summed E-state index contributed by atoms with van der Waals surface area (Å²) in [4.78, 5) is 30.7. The lowest BCUT2D eigenvalue weighted by Crippen LogP contribution is -2.20. The van der Waals surface area contributed by atoms with Crippen LogP contribution in [0.2, 0.25) is 0 Å². The first-order chi connectivity index (χ1) is 12.5. The van der Waals surface area contributed by atoms with E-state index in [-0.39, 0.29) is 11.2 Å². The van der Waals surface area contributed by atoms with E-state index in [9.17, 15) is 14.9 Å². The SMILES string of the molecule is Cc1nc2c([nH]c3ccccc32)c(=O)n1/N=C/c1cccc([N+](=O)[O-])c1. The summed E-state index contributed by atoms with van der Waals surface area (Å²) in [6.07, 6.45) is 1.40. The van der Waals surface area contributed by atoms with E-state index in [1.165, 1.54) is 23.0 Å². The molecule has 2 aromatic carbocycles. The average Bonchev–Trinajstić information content (AvgIpc) is 3.01. The first-order valence-corrected chi connectivity index (χ1v) is 7.83. The highest BCUT2D eigenvalue weighted by Gasteiger charge is 2.12. The molecule has 8 nitrogen and oxygen atoms in total. The van der Waals surface area contributed by atoms with Gasteiger partial charge in [0.1, 0.15) is 16.9 Å². The molecule has 0 aliphatic rings. The molecular formula is C18H13N5O3. The Kier molecular flexibility index (Phi) is 3.58. The van der Waals surface area contributed by atoms with Gasteiger partial charge in [0.2, 0.25) is 0 Å². The number of aryl methyl sites for hydroxylation is 1. The van der Waals surface area contributed by atoms with Crippen LogP contribution in [0.4, 0.5) is 5.69 Å². The molecule has 0 saturated carbocycles. The number of fused-ring (bicyclic) bond motifs is 3. The summed E-state index contributed by atoms with van der Waals surface area (Å²) < 4.78 is 1.18. The van der Waals surface area contributed by atoms with Crippen LogP contribution in [0.3, 0.4) is 0 Å². The van der Waals surface area contributed by atoms with Gasteiger partial charge in [0, 0.05) is 28.6 Å². The Balaban J connectivity index is 1.84. The molecule has 0 radical (unpaired) electrons. The van der Waals surface area contributed by atoms with Crippen LogP contribution < -0.4 is 5.56 Å². The molecule has 26 heavy (non-hydrogen) atoms. The molecule has 1 N–H and O–H groups in total. The highest BCUT2D eigenvalue weighted by atomic mass is 16.6. The average molecular weight is 347 g/mol. The Labute approximate surface area is 146 Å². The molecule has 128 valence electrons. The number of H-pyrrole nitrogens is 1. The van der Waals surface area contributed by atoms with E-state index in [1.54, 1.807) is 19.1 Å². The highest BCUT2D eigenvalue weighted by molar-refractivity contribution is 6.04. The number of benzene rings is 2. The van der Waals surface area contributed by atoms with Crippen molar-refractivity contribution in [2.24, 2.45) is 5.10 Å². The van der Waals surface area contributed by atoms with Crippen molar-refractivity contribution in [3.8, 4) is 0 Å². The largest absolute Gasteiger partial charge is 0.349 e. The highest BCUT2D eigenvalue weighted by Crippen LogP contribution is 2.21. The van der Waals surface area contributed by atoms with Gasteiger partial charge in [-0.2, -0.15) is 9.78 Å². The lowest BCUT2D eigenvalue weighted by atomic mass is 10.2. The summed E-state index contributed by atoms with van der Waals surface area (Å²) in [5.74, 6) is 0.425. The van der Waals surface area contributed by atoms with Crippen LogP contribution in [0.1, 0.15) is 11.4 Å². The minimum absolute atomic E-state index is 0.0396. The number of hydrogen-bond donors (Lipinski definition) is 1. The van der Waals surface area contributed by atoms with Crippen molar-refractivity contribution in [1.29, 1.82) is 0 Å². The number of rotatable bonds is 3. The van der Waals surface area contributed by atoms with E-state index >= 15 is 0 Å². The summed E-state index contributed by atoms with van der Waals surface area (Å²) in [5, 5.41) is 15.9. The summed E-state index contributed by atoms with van der Waals surface area (Å²) in [6, 6.07) is 13.6. The summed E-state index contributed by atoms with van der Waals surface area (Å²) >= 11 is 0. The van der Waals surface area contributed by atoms with Gasteiger partial charge in [-0.3, -0.25) is 14.9 Å². The number of non-ortho nitro benzene ring substituents is 1. The van der Waals surface area contributed by atoms with Crippen LogP contribution in [-0.2, 0) is 0 Å². The first-order valence-electron chi connectivity index (χ1n) is 7.83. The molecule has 0 aliphatic heterocycles. The molecule has 0 aliphatic carbocycles. The second-order valence-electron chi connectivity index (χ2n) is 5.77. The molecule has 0 bridgehead atoms. The second-order valence-corrected chi connectivity index (χ2v) is 5.77. The standard InChI is InChI=1S/C18H13N5O3/c1-11-20-16-14-7-2-3-8-15(14)21-17(16)18(24)22(11)19-10-12-5-4-6-13(9-12)23(25)26/h2-10,21H,1H3/b19-10+. The van der Waals surface area contributed by atoms with Crippen LogP contribution in [0.15, 0.2) is 58.4 Å². The number of nitro groups is 1. The van der Waals surface area contributed by atoms with Crippen LogP contribution in [-0.4, -0.2) is 25.8 Å². The molecule has 2 aromatic heterocycles. The predicted molar refractivity (Wildman–Crippen MR) is 98.7 cm³/mol. The van der Waals surface area contributed by atoms with Crippen LogP contribution in [0, 0.1) is 17.0 Å². The fourth-order valence-corrected chi connectivity index (χ4v) is 2.84.